The summed E-state index contributed by atoms with van der Waals surface area (Å²) in [7, 11) is 0. The highest BCUT2D eigenvalue weighted by Gasteiger charge is 2.24. The third kappa shape index (κ3) is 8.08. The van der Waals surface area contributed by atoms with Gasteiger partial charge in [0, 0.05) is 38.4 Å². The van der Waals surface area contributed by atoms with Gasteiger partial charge in [-0.05, 0) is 123 Å². The molecule has 0 N–H and O–H groups in total. The van der Waals surface area contributed by atoms with Crippen molar-refractivity contribution in [3.05, 3.63) is 211 Å². The van der Waals surface area contributed by atoms with Crippen molar-refractivity contribution in [3.8, 4) is 45.5 Å². The number of aryl methyl sites for hydroxylation is 2. The van der Waals surface area contributed by atoms with Gasteiger partial charge in [-0.2, -0.15) is 9.97 Å². The van der Waals surface area contributed by atoms with Gasteiger partial charge >= 0.3 is 0 Å². The molecule has 0 amide bonds. The molecule has 5 nitrogen and oxygen atoms in total. The van der Waals surface area contributed by atoms with Gasteiger partial charge in [0.05, 0.1) is 22.1 Å². The molecular weight excluding hydrogens is 899 g/mol. The van der Waals surface area contributed by atoms with Gasteiger partial charge in [-0.25, -0.2) is 4.98 Å². The molecule has 0 saturated heterocycles. The lowest BCUT2D eigenvalue weighted by Gasteiger charge is -2.14. The summed E-state index contributed by atoms with van der Waals surface area (Å²) in [6.45, 7) is 4.57. The Morgan fingerprint density at radius 1 is 0.311 bits per heavy atom. The van der Waals surface area contributed by atoms with E-state index in [-0.39, 0.29) is 0 Å². The van der Waals surface area contributed by atoms with E-state index < -0.39 is 0 Å². The van der Waals surface area contributed by atoms with Crippen LogP contribution in [-0.2, 0) is 12.8 Å². The summed E-state index contributed by atoms with van der Waals surface area (Å²) in [5, 5.41) is 12.6. The summed E-state index contributed by atoms with van der Waals surface area (Å²) in [5.74, 6) is 1.88. The van der Waals surface area contributed by atoms with E-state index in [4.69, 9.17) is 15.0 Å². The van der Waals surface area contributed by atoms with Crippen LogP contribution in [0.2, 0.25) is 0 Å². The predicted molar refractivity (Wildman–Crippen MR) is 313 cm³/mol. The van der Waals surface area contributed by atoms with Crippen molar-refractivity contribution in [1.82, 2.24) is 24.1 Å². The van der Waals surface area contributed by atoms with E-state index in [1.165, 1.54) is 133 Å². The molecule has 0 saturated carbocycles. The fourth-order valence-corrected chi connectivity index (χ4v) is 11.8. The summed E-state index contributed by atoms with van der Waals surface area (Å²) >= 11 is 0. The molecule has 13 rings (SSSR count). The van der Waals surface area contributed by atoms with Crippen LogP contribution in [0.5, 0.6) is 0 Å². The largest absolute Gasteiger partial charge is 0.307 e. The van der Waals surface area contributed by atoms with Crippen molar-refractivity contribution in [2.75, 3.05) is 0 Å². The molecule has 0 aliphatic heterocycles. The third-order valence-electron chi connectivity index (χ3n) is 15.5. The number of hydrogen-bond acceptors (Lipinski definition) is 3. The SMILES string of the molecule is CCCCCCc1ccc2c(c1)c1ccc3c4cc(CCCCCC)ccc4n(-c4nc(-c5ccccc5)nc(-c5ccccc5)n4)c3c1n2-c1ccc(-c2ccc3c4ccccc4c4ccccc4c3c2)cc1. The lowest BCUT2D eigenvalue weighted by Crippen LogP contribution is -2.07. The van der Waals surface area contributed by atoms with Crippen LogP contribution in [0, 0.1) is 0 Å². The molecule has 0 aliphatic rings. The van der Waals surface area contributed by atoms with Gasteiger partial charge in [0.1, 0.15) is 0 Å². The summed E-state index contributed by atoms with van der Waals surface area (Å²) in [5.41, 5.74) is 12.6. The topological polar surface area (TPSA) is 48.5 Å². The van der Waals surface area contributed by atoms with Crippen LogP contribution >= 0.6 is 0 Å². The lowest BCUT2D eigenvalue weighted by molar-refractivity contribution is 0.667. The van der Waals surface area contributed by atoms with E-state index in [1.807, 2.05) is 12.1 Å². The zero-order valence-corrected chi connectivity index (χ0v) is 42.4. The van der Waals surface area contributed by atoms with Crippen LogP contribution in [0.4, 0.5) is 0 Å². The van der Waals surface area contributed by atoms with Gasteiger partial charge in [-0.15, -0.1) is 0 Å². The molecule has 0 atom stereocenters. The minimum Gasteiger partial charge on any atom is -0.307 e. The first-order valence-electron chi connectivity index (χ1n) is 27.0. The summed E-state index contributed by atoms with van der Waals surface area (Å²) in [4.78, 5) is 16.0. The average Bonchev–Trinajstić information content (AvgIpc) is 4.09. The lowest BCUT2D eigenvalue weighted by atomic mass is 9.92. The molecule has 10 aromatic carbocycles. The fourth-order valence-electron chi connectivity index (χ4n) is 11.8. The Kier molecular flexibility index (Phi) is 12.0. The second-order valence-corrected chi connectivity index (χ2v) is 20.3. The van der Waals surface area contributed by atoms with Crippen molar-refractivity contribution in [1.29, 1.82) is 0 Å². The number of hydrogen-bond donors (Lipinski definition) is 0. The number of nitrogens with zero attached hydrogens (tertiary/aromatic N) is 5. The van der Waals surface area contributed by atoms with Crippen LogP contribution < -0.4 is 0 Å². The molecule has 0 radical (unpaired) electrons. The number of rotatable bonds is 15. The first kappa shape index (κ1) is 45.5. The quantitative estimate of drug-likeness (QED) is 0.0760. The maximum atomic E-state index is 5.42. The van der Waals surface area contributed by atoms with Crippen molar-refractivity contribution in [3.63, 3.8) is 0 Å². The van der Waals surface area contributed by atoms with Gasteiger partial charge in [-0.1, -0.05) is 210 Å². The van der Waals surface area contributed by atoms with Crippen LogP contribution in [0.25, 0.3) is 121 Å². The minimum atomic E-state index is 0.598. The first-order valence-corrected chi connectivity index (χ1v) is 27.0. The molecule has 3 heterocycles. The highest BCUT2D eigenvalue weighted by Crippen LogP contribution is 2.43. The number of fused-ring (bicyclic) bond motifs is 13. The second kappa shape index (κ2) is 19.5. The maximum absolute atomic E-state index is 5.42. The summed E-state index contributed by atoms with van der Waals surface area (Å²) < 4.78 is 4.85. The smallest absolute Gasteiger partial charge is 0.238 e. The van der Waals surface area contributed by atoms with Gasteiger partial charge in [0.15, 0.2) is 11.6 Å². The van der Waals surface area contributed by atoms with E-state index in [0.29, 0.717) is 17.6 Å². The van der Waals surface area contributed by atoms with E-state index in [2.05, 4.69) is 211 Å². The predicted octanol–water partition coefficient (Wildman–Crippen LogP) is 18.8. The maximum Gasteiger partial charge on any atom is 0.238 e. The molecule has 0 aliphatic carbocycles. The first-order chi connectivity index (χ1) is 36.6. The number of unbranched alkanes of at least 4 members (excludes halogenated alkanes) is 6. The van der Waals surface area contributed by atoms with Gasteiger partial charge in [-0.3, -0.25) is 4.57 Å². The fraction of sp³-hybridized carbons (Fsp3) is 0.174. The van der Waals surface area contributed by atoms with Gasteiger partial charge in [0.25, 0.3) is 0 Å². The third-order valence-corrected chi connectivity index (χ3v) is 15.5. The highest BCUT2D eigenvalue weighted by molar-refractivity contribution is 6.26. The molecule has 0 unspecified atom stereocenters. The molecular formula is C69H59N5. The number of benzene rings is 10. The van der Waals surface area contributed by atoms with Crippen LogP contribution in [0.1, 0.15) is 76.3 Å². The Labute approximate surface area is 432 Å². The molecule has 5 heteroatoms. The van der Waals surface area contributed by atoms with E-state index in [0.717, 1.165) is 46.2 Å². The van der Waals surface area contributed by atoms with Gasteiger partial charge < -0.3 is 4.57 Å². The highest BCUT2D eigenvalue weighted by atomic mass is 15.2. The average molecular weight is 958 g/mol. The van der Waals surface area contributed by atoms with E-state index >= 15 is 0 Å². The van der Waals surface area contributed by atoms with Crippen molar-refractivity contribution in [2.45, 2.75) is 78.1 Å². The Morgan fingerprint density at radius 3 is 1.28 bits per heavy atom. The van der Waals surface area contributed by atoms with E-state index in [9.17, 15) is 0 Å². The monoisotopic (exact) mass is 957 g/mol. The van der Waals surface area contributed by atoms with Crippen LogP contribution in [-0.4, -0.2) is 24.1 Å². The zero-order valence-electron chi connectivity index (χ0n) is 42.4. The number of aromatic nitrogens is 5. The van der Waals surface area contributed by atoms with Crippen molar-refractivity contribution < 1.29 is 0 Å². The Hall–Kier alpha value is -8.41. The molecule has 13 aromatic rings. The van der Waals surface area contributed by atoms with Crippen molar-refractivity contribution >= 4 is 75.9 Å². The Bertz CT molecular complexity index is 4110. The summed E-state index contributed by atoms with van der Waals surface area (Å²) in [6, 6.07) is 73.6. The second-order valence-electron chi connectivity index (χ2n) is 20.3. The Morgan fingerprint density at radius 2 is 0.757 bits per heavy atom. The Balaban J connectivity index is 1.06. The molecule has 3 aromatic heterocycles. The summed E-state index contributed by atoms with van der Waals surface area (Å²) in [6.07, 6.45) is 11.9. The normalized spacial score (nSPS) is 11.9. The molecule has 0 fully saturated rings. The molecule has 0 spiro atoms. The van der Waals surface area contributed by atoms with Crippen LogP contribution in [0.3, 0.4) is 0 Å². The molecule has 360 valence electrons. The minimum absolute atomic E-state index is 0.598. The standard InChI is InChI=1S/C69H59N5/c1-3-5-7-11-21-46-31-41-63-61(43-46)58-39-40-59-62-44-47(22-12-8-6-4-2)32-42-64(62)74(69-71-67(49-23-13-9-14-24-49)70-68(72-69)50-25-15-10-16-26-50)66(59)65(58)73(63)52-36-33-48(34-37-52)51-35-38-57-55-29-18-17-27-53(55)54-28-19-20-30-56(54)60(57)45-51/h9-10,13-20,23-45H,3-8,11-12,21-22H2,1-2H3. The van der Waals surface area contributed by atoms with Crippen LogP contribution in [0.15, 0.2) is 200 Å². The van der Waals surface area contributed by atoms with E-state index in [1.54, 1.807) is 0 Å². The van der Waals surface area contributed by atoms with Crippen molar-refractivity contribution in [2.24, 2.45) is 0 Å². The zero-order chi connectivity index (χ0) is 49.5. The molecule has 74 heavy (non-hydrogen) atoms. The molecule has 0 bridgehead atoms. The van der Waals surface area contributed by atoms with Gasteiger partial charge in [0.2, 0.25) is 5.95 Å².